The van der Waals surface area contributed by atoms with Gasteiger partial charge in [0.25, 0.3) is 5.91 Å². The molecule has 1 atom stereocenters. The van der Waals surface area contributed by atoms with Crippen LogP contribution in [0.25, 0.3) is 0 Å². The van der Waals surface area contributed by atoms with Gasteiger partial charge in [0.2, 0.25) is 0 Å². The third-order valence-electron chi connectivity index (χ3n) is 4.32. The Bertz CT molecular complexity index is 821. The van der Waals surface area contributed by atoms with Crippen molar-refractivity contribution < 1.29 is 13.2 Å². The molecule has 0 saturated heterocycles. The van der Waals surface area contributed by atoms with Crippen LogP contribution in [0.15, 0.2) is 41.3 Å². The molecular weight excluding hydrogens is 356 g/mol. The van der Waals surface area contributed by atoms with Crippen molar-refractivity contribution in [3.63, 3.8) is 0 Å². The number of sulfone groups is 1. The highest BCUT2D eigenvalue weighted by Crippen LogP contribution is 2.25. The van der Waals surface area contributed by atoms with Crippen LogP contribution in [0, 0.1) is 0 Å². The van der Waals surface area contributed by atoms with Crippen LogP contribution in [0.1, 0.15) is 33.5 Å². The van der Waals surface area contributed by atoms with Gasteiger partial charge in [-0.1, -0.05) is 25.1 Å². The Labute approximate surface area is 152 Å². The van der Waals surface area contributed by atoms with Gasteiger partial charge < -0.3 is 10.6 Å². The average molecular weight is 379 g/mol. The van der Waals surface area contributed by atoms with Gasteiger partial charge in [-0.15, -0.1) is 11.3 Å². The molecule has 2 aromatic rings. The number of hydrogen-bond acceptors (Lipinski definition) is 5. The van der Waals surface area contributed by atoms with E-state index in [0.29, 0.717) is 16.2 Å². The van der Waals surface area contributed by atoms with Crippen LogP contribution in [0.5, 0.6) is 0 Å². The number of nitrogens with one attached hydrogen (secondary N) is 2. The molecule has 1 aromatic heterocycles. The monoisotopic (exact) mass is 378 g/mol. The van der Waals surface area contributed by atoms with E-state index in [9.17, 15) is 13.2 Å². The molecule has 5 nitrogen and oxygen atoms in total. The summed E-state index contributed by atoms with van der Waals surface area (Å²) < 4.78 is 25.0. The van der Waals surface area contributed by atoms with Crippen LogP contribution in [0.4, 0.5) is 0 Å². The minimum atomic E-state index is -3.42. The summed E-state index contributed by atoms with van der Waals surface area (Å²) in [5.74, 6) is -0.277. The molecule has 1 aliphatic heterocycles. The van der Waals surface area contributed by atoms with E-state index in [1.807, 2.05) is 13.0 Å². The molecule has 3 rings (SSSR count). The van der Waals surface area contributed by atoms with Crippen molar-refractivity contribution in [1.29, 1.82) is 0 Å². The average Bonchev–Trinajstić information content (AvgIpc) is 3.06. The van der Waals surface area contributed by atoms with Gasteiger partial charge in [0, 0.05) is 24.0 Å². The Hall–Kier alpha value is -1.70. The quantitative estimate of drug-likeness (QED) is 0.809. The first-order valence-electron chi connectivity index (χ1n) is 8.40. The Morgan fingerprint density at radius 1 is 1.32 bits per heavy atom. The molecule has 7 heteroatoms. The first kappa shape index (κ1) is 18.1. The van der Waals surface area contributed by atoms with E-state index in [1.54, 1.807) is 30.3 Å². The second-order valence-electron chi connectivity index (χ2n) is 6.16. The molecule has 0 spiro atoms. The minimum Gasteiger partial charge on any atom is -0.348 e. The Kier molecular flexibility index (Phi) is 5.56. The molecule has 2 N–H and O–H groups in total. The first-order chi connectivity index (χ1) is 12.0. The predicted molar refractivity (Wildman–Crippen MR) is 99.8 cm³/mol. The summed E-state index contributed by atoms with van der Waals surface area (Å²) in [4.78, 5) is 14.7. The fourth-order valence-corrected chi connectivity index (χ4v) is 5.57. The third kappa shape index (κ3) is 4.29. The molecule has 0 aliphatic carbocycles. The molecule has 134 valence electrons. The highest BCUT2D eigenvalue weighted by Gasteiger charge is 2.23. The van der Waals surface area contributed by atoms with Crippen molar-refractivity contribution in [2.24, 2.45) is 0 Å². The zero-order chi connectivity index (χ0) is 17.9. The van der Waals surface area contributed by atoms with Crippen molar-refractivity contribution in [3.05, 3.63) is 51.7 Å². The van der Waals surface area contributed by atoms with Crippen LogP contribution >= 0.6 is 11.3 Å². The molecule has 0 bridgehead atoms. The van der Waals surface area contributed by atoms with Gasteiger partial charge >= 0.3 is 0 Å². The zero-order valence-electron chi connectivity index (χ0n) is 14.1. The molecule has 0 radical (unpaired) electrons. The summed E-state index contributed by atoms with van der Waals surface area (Å²) in [6.45, 7) is 3.61. The van der Waals surface area contributed by atoms with Crippen LogP contribution in [-0.4, -0.2) is 32.7 Å². The number of benzene rings is 1. The normalized spacial score (nSPS) is 15.4. The molecular formula is C18H22N2O3S2. The topological polar surface area (TPSA) is 75.3 Å². The Morgan fingerprint density at radius 2 is 2.08 bits per heavy atom. The number of fused-ring (bicyclic) bond motifs is 1. The second-order valence-corrected chi connectivity index (χ2v) is 9.33. The maximum Gasteiger partial charge on any atom is 0.261 e. The van der Waals surface area contributed by atoms with Gasteiger partial charge in [0.1, 0.15) is 0 Å². The van der Waals surface area contributed by atoms with Gasteiger partial charge in [-0.25, -0.2) is 8.42 Å². The van der Waals surface area contributed by atoms with Crippen LogP contribution in [0.3, 0.4) is 0 Å². The van der Waals surface area contributed by atoms with Crippen LogP contribution < -0.4 is 10.6 Å². The molecule has 0 saturated carbocycles. The highest BCUT2D eigenvalue weighted by atomic mass is 32.2. The smallest absolute Gasteiger partial charge is 0.261 e. The summed E-state index contributed by atoms with van der Waals surface area (Å²) >= 11 is 1.51. The molecule has 1 unspecified atom stereocenters. The summed E-state index contributed by atoms with van der Waals surface area (Å²) in [6, 6.07) is 9.88. The van der Waals surface area contributed by atoms with Gasteiger partial charge in [-0.05, 0) is 36.6 Å². The number of carbonyl (C=O) groups excluding carboxylic acids is 1. The lowest BCUT2D eigenvalue weighted by Crippen LogP contribution is -2.39. The van der Waals surface area contributed by atoms with Crippen molar-refractivity contribution in [2.45, 2.75) is 37.2 Å². The number of amides is 1. The molecule has 2 heterocycles. The maximum absolute atomic E-state index is 12.5. The standard InChI is InChI=1S/C18H22N2O3S2/c1-2-14(12-25(22,23)15-6-4-3-5-7-15)20-18(21)17-10-13-11-19-9-8-16(13)24-17/h3-7,10,14,19H,2,8-9,11-12H2,1H3,(H,20,21). The number of hydrogen-bond donors (Lipinski definition) is 2. The van der Waals surface area contributed by atoms with Gasteiger partial charge in [0.15, 0.2) is 9.84 Å². The lowest BCUT2D eigenvalue weighted by Gasteiger charge is -2.16. The van der Waals surface area contributed by atoms with Crippen LogP contribution in [0.2, 0.25) is 0 Å². The van der Waals surface area contributed by atoms with E-state index >= 15 is 0 Å². The lowest BCUT2D eigenvalue weighted by molar-refractivity contribution is 0.0944. The summed E-state index contributed by atoms with van der Waals surface area (Å²) in [5.41, 5.74) is 1.17. The Balaban J connectivity index is 1.69. The van der Waals surface area contributed by atoms with E-state index in [0.717, 1.165) is 19.5 Å². The first-order valence-corrected chi connectivity index (χ1v) is 10.9. The van der Waals surface area contributed by atoms with Crippen molar-refractivity contribution in [2.75, 3.05) is 12.3 Å². The number of carbonyl (C=O) groups is 1. The second kappa shape index (κ2) is 7.68. The minimum absolute atomic E-state index is 0.0914. The Morgan fingerprint density at radius 3 is 2.76 bits per heavy atom. The summed E-state index contributed by atoms with van der Waals surface area (Å²) in [7, 11) is -3.42. The fraction of sp³-hybridized carbons (Fsp3) is 0.389. The predicted octanol–water partition coefficient (Wildman–Crippen LogP) is 2.38. The van der Waals surface area contributed by atoms with E-state index < -0.39 is 15.9 Å². The van der Waals surface area contributed by atoms with Crippen molar-refractivity contribution >= 4 is 27.1 Å². The van der Waals surface area contributed by atoms with Crippen molar-refractivity contribution in [3.8, 4) is 0 Å². The lowest BCUT2D eigenvalue weighted by atomic mass is 10.1. The number of thiophene rings is 1. The van der Waals surface area contributed by atoms with E-state index in [2.05, 4.69) is 10.6 Å². The van der Waals surface area contributed by atoms with Gasteiger partial charge in [0.05, 0.1) is 15.5 Å². The van der Waals surface area contributed by atoms with E-state index in [4.69, 9.17) is 0 Å². The summed E-state index contributed by atoms with van der Waals surface area (Å²) in [5, 5.41) is 6.18. The van der Waals surface area contributed by atoms with E-state index in [1.165, 1.54) is 21.8 Å². The van der Waals surface area contributed by atoms with Crippen molar-refractivity contribution in [1.82, 2.24) is 10.6 Å². The van der Waals surface area contributed by atoms with Gasteiger partial charge in [-0.2, -0.15) is 0 Å². The molecule has 1 aliphatic rings. The molecule has 25 heavy (non-hydrogen) atoms. The van der Waals surface area contributed by atoms with E-state index in [-0.39, 0.29) is 11.7 Å². The maximum atomic E-state index is 12.5. The molecule has 1 aromatic carbocycles. The molecule has 1 amide bonds. The number of rotatable bonds is 6. The fourth-order valence-electron chi connectivity index (χ4n) is 2.87. The van der Waals surface area contributed by atoms with Gasteiger partial charge in [-0.3, -0.25) is 4.79 Å². The SMILES string of the molecule is CCC(CS(=O)(=O)c1ccccc1)NC(=O)c1cc2c(s1)CCNC2. The highest BCUT2D eigenvalue weighted by molar-refractivity contribution is 7.91. The largest absolute Gasteiger partial charge is 0.348 e. The van der Waals surface area contributed by atoms with Crippen LogP contribution in [-0.2, 0) is 22.8 Å². The summed E-state index contributed by atoms with van der Waals surface area (Å²) in [6.07, 6.45) is 1.50. The third-order valence-corrected chi connectivity index (χ3v) is 7.38. The zero-order valence-corrected chi connectivity index (χ0v) is 15.8. The molecule has 0 fully saturated rings.